The number of aryl methyl sites for hydroxylation is 1. The summed E-state index contributed by atoms with van der Waals surface area (Å²) in [7, 11) is 0. The number of carbonyl (C=O) groups excluding carboxylic acids is 1. The van der Waals surface area contributed by atoms with Crippen LogP contribution in [0.4, 0.5) is 5.69 Å². The van der Waals surface area contributed by atoms with Crippen LogP contribution < -0.4 is 10.6 Å². The largest absolute Gasteiger partial charge is 0.325 e. The van der Waals surface area contributed by atoms with Gasteiger partial charge in [0.2, 0.25) is 5.91 Å². The predicted molar refractivity (Wildman–Crippen MR) is 83.5 cm³/mol. The van der Waals surface area contributed by atoms with E-state index in [4.69, 9.17) is 0 Å². The van der Waals surface area contributed by atoms with Crippen LogP contribution in [0, 0.1) is 6.92 Å². The molecule has 1 aromatic heterocycles. The molecule has 0 saturated carbocycles. The maximum Gasteiger partial charge on any atom is 0.241 e. The second-order valence-corrected chi connectivity index (χ2v) is 4.96. The molecule has 2 heterocycles. The fraction of sp³-hybridized carbons (Fsp3) is 0.357. The first-order chi connectivity index (χ1) is 9.72. The molecule has 1 aliphatic heterocycles. The second-order valence-electron chi connectivity index (χ2n) is 4.96. The van der Waals surface area contributed by atoms with Crippen LogP contribution in [-0.2, 0) is 4.79 Å². The third-order valence-electron chi connectivity index (χ3n) is 3.38. The van der Waals surface area contributed by atoms with Crippen LogP contribution in [0.15, 0.2) is 24.3 Å². The summed E-state index contributed by atoms with van der Waals surface area (Å²) < 4.78 is 0. The van der Waals surface area contributed by atoms with Gasteiger partial charge in [0.15, 0.2) is 5.82 Å². The number of aromatic amines is 1. The Bertz CT molecular complexity index is 604. The molecule has 0 spiro atoms. The third kappa shape index (κ3) is 3.59. The van der Waals surface area contributed by atoms with Crippen LogP contribution in [0.5, 0.6) is 0 Å². The number of carbonyl (C=O) groups is 1. The number of hydrogen-bond acceptors (Lipinski definition) is 4. The molecule has 1 aromatic carbocycles. The van der Waals surface area contributed by atoms with Gasteiger partial charge in [0.05, 0.1) is 6.04 Å². The number of hydrogen-bond donors (Lipinski definition) is 3. The fourth-order valence-electron chi connectivity index (χ4n) is 2.31. The van der Waals surface area contributed by atoms with Crippen molar-refractivity contribution < 1.29 is 4.79 Å². The zero-order valence-corrected chi connectivity index (χ0v) is 12.5. The molecule has 1 saturated heterocycles. The summed E-state index contributed by atoms with van der Waals surface area (Å²) in [4.78, 5) is 16.2. The van der Waals surface area contributed by atoms with Gasteiger partial charge in [-0.1, -0.05) is 0 Å². The second kappa shape index (κ2) is 6.69. The Balaban J connectivity index is 0.00000161. The first kappa shape index (κ1) is 15.5. The van der Waals surface area contributed by atoms with E-state index in [0.29, 0.717) is 5.82 Å². The maximum absolute atomic E-state index is 12.0. The Morgan fingerprint density at radius 2 is 2.10 bits per heavy atom. The smallest absolute Gasteiger partial charge is 0.241 e. The van der Waals surface area contributed by atoms with Gasteiger partial charge in [-0.15, -0.1) is 12.4 Å². The van der Waals surface area contributed by atoms with Gasteiger partial charge in [0.1, 0.15) is 5.82 Å². The van der Waals surface area contributed by atoms with Crippen LogP contribution in [0.2, 0.25) is 0 Å². The number of rotatable bonds is 3. The Morgan fingerprint density at radius 1 is 1.33 bits per heavy atom. The summed E-state index contributed by atoms with van der Waals surface area (Å²) in [5.41, 5.74) is 1.71. The van der Waals surface area contributed by atoms with E-state index in [1.54, 1.807) is 0 Å². The summed E-state index contributed by atoms with van der Waals surface area (Å²) >= 11 is 0. The first-order valence-corrected chi connectivity index (χ1v) is 6.76. The summed E-state index contributed by atoms with van der Waals surface area (Å²) in [6.07, 6.45) is 1.96. The number of benzene rings is 1. The van der Waals surface area contributed by atoms with E-state index < -0.39 is 0 Å². The molecule has 3 N–H and O–H groups in total. The molecule has 21 heavy (non-hydrogen) atoms. The van der Waals surface area contributed by atoms with Gasteiger partial charge in [-0.3, -0.25) is 9.89 Å². The molecule has 112 valence electrons. The van der Waals surface area contributed by atoms with E-state index in [-0.39, 0.29) is 24.4 Å². The SMILES string of the molecule is Cc1nc(-c2ccc(NC(=O)C3CCCN3)cc2)n[nH]1.Cl. The normalized spacial score (nSPS) is 17.3. The van der Waals surface area contributed by atoms with Crippen molar-refractivity contribution >= 4 is 24.0 Å². The van der Waals surface area contributed by atoms with Crippen molar-refractivity contribution in [3.63, 3.8) is 0 Å². The molecular weight excluding hydrogens is 290 g/mol. The number of amides is 1. The van der Waals surface area contributed by atoms with Crippen molar-refractivity contribution in [2.24, 2.45) is 0 Å². The van der Waals surface area contributed by atoms with Crippen molar-refractivity contribution in [1.82, 2.24) is 20.5 Å². The van der Waals surface area contributed by atoms with E-state index in [2.05, 4.69) is 25.8 Å². The quantitative estimate of drug-likeness (QED) is 0.808. The monoisotopic (exact) mass is 307 g/mol. The highest BCUT2D eigenvalue weighted by molar-refractivity contribution is 5.95. The van der Waals surface area contributed by atoms with Crippen molar-refractivity contribution in [2.75, 3.05) is 11.9 Å². The van der Waals surface area contributed by atoms with Gasteiger partial charge in [0, 0.05) is 11.3 Å². The minimum atomic E-state index is -0.0645. The Morgan fingerprint density at radius 3 is 2.67 bits per heavy atom. The molecule has 6 nitrogen and oxygen atoms in total. The summed E-state index contributed by atoms with van der Waals surface area (Å²) in [5, 5.41) is 13.0. The molecule has 0 bridgehead atoms. The number of anilines is 1. The molecule has 1 amide bonds. The number of H-pyrrole nitrogens is 1. The van der Waals surface area contributed by atoms with E-state index in [1.165, 1.54) is 0 Å². The Labute approximate surface area is 129 Å². The fourth-order valence-corrected chi connectivity index (χ4v) is 2.31. The third-order valence-corrected chi connectivity index (χ3v) is 3.38. The van der Waals surface area contributed by atoms with Crippen LogP contribution in [0.3, 0.4) is 0 Å². The lowest BCUT2D eigenvalue weighted by molar-refractivity contribution is -0.117. The average molecular weight is 308 g/mol. The van der Waals surface area contributed by atoms with Crippen LogP contribution in [0.25, 0.3) is 11.4 Å². The lowest BCUT2D eigenvalue weighted by Crippen LogP contribution is -2.35. The highest BCUT2D eigenvalue weighted by Gasteiger charge is 2.21. The standard InChI is InChI=1S/C14H17N5O.ClH/c1-9-16-13(19-18-9)10-4-6-11(7-5-10)17-14(20)12-3-2-8-15-12;/h4-7,12,15H,2-3,8H2,1H3,(H,17,20)(H,16,18,19);1H. The van der Waals surface area contributed by atoms with Crippen molar-refractivity contribution in [3.8, 4) is 11.4 Å². The van der Waals surface area contributed by atoms with Crippen molar-refractivity contribution in [3.05, 3.63) is 30.1 Å². The molecule has 7 heteroatoms. The number of aromatic nitrogens is 3. The predicted octanol–water partition coefficient (Wildman–Crippen LogP) is 1.89. The molecule has 1 aliphatic rings. The topological polar surface area (TPSA) is 82.7 Å². The number of nitrogens with one attached hydrogen (secondary N) is 3. The number of nitrogens with zero attached hydrogens (tertiary/aromatic N) is 2. The van der Waals surface area contributed by atoms with Gasteiger partial charge in [-0.25, -0.2) is 4.98 Å². The van der Waals surface area contributed by atoms with Crippen LogP contribution >= 0.6 is 12.4 Å². The zero-order valence-electron chi connectivity index (χ0n) is 11.7. The number of halogens is 1. The molecule has 0 radical (unpaired) electrons. The maximum atomic E-state index is 12.0. The van der Waals surface area contributed by atoms with Gasteiger partial charge in [-0.2, -0.15) is 5.10 Å². The van der Waals surface area contributed by atoms with Gasteiger partial charge in [0.25, 0.3) is 0 Å². The highest BCUT2D eigenvalue weighted by atomic mass is 35.5. The summed E-state index contributed by atoms with van der Waals surface area (Å²) in [6.45, 7) is 2.78. The lowest BCUT2D eigenvalue weighted by atomic mass is 10.1. The van der Waals surface area contributed by atoms with E-state index >= 15 is 0 Å². The molecule has 1 unspecified atom stereocenters. The zero-order chi connectivity index (χ0) is 13.9. The minimum Gasteiger partial charge on any atom is -0.325 e. The molecular formula is C14H18ClN5O. The summed E-state index contributed by atoms with van der Waals surface area (Å²) in [5.74, 6) is 1.48. The van der Waals surface area contributed by atoms with Crippen LogP contribution in [-0.4, -0.2) is 33.7 Å². The summed E-state index contributed by atoms with van der Waals surface area (Å²) in [6, 6.07) is 7.48. The van der Waals surface area contributed by atoms with E-state index in [1.807, 2.05) is 31.2 Å². The Kier molecular flexibility index (Phi) is 4.93. The highest BCUT2D eigenvalue weighted by Crippen LogP contribution is 2.18. The molecule has 1 atom stereocenters. The average Bonchev–Trinajstić information content (AvgIpc) is 3.10. The van der Waals surface area contributed by atoms with Gasteiger partial charge in [-0.05, 0) is 50.6 Å². The lowest BCUT2D eigenvalue weighted by Gasteiger charge is -2.11. The molecule has 1 fully saturated rings. The molecule has 3 rings (SSSR count). The first-order valence-electron chi connectivity index (χ1n) is 6.76. The van der Waals surface area contributed by atoms with E-state index in [0.717, 1.165) is 36.5 Å². The van der Waals surface area contributed by atoms with Crippen LogP contribution in [0.1, 0.15) is 18.7 Å². The van der Waals surface area contributed by atoms with Crippen molar-refractivity contribution in [2.45, 2.75) is 25.8 Å². The van der Waals surface area contributed by atoms with Gasteiger partial charge >= 0.3 is 0 Å². The Hall–Kier alpha value is -1.92. The minimum absolute atomic E-state index is 0. The molecule has 2 aromatic rings. The van der Waals surface area contributed by atoms with Crippen molar-refractivity contribution in [1.29, 1.82) is 0 Å². The molecule has 0 aliphatic carbocycles. The van der Waals surface area contributed by atoms with Gasteiger partial charge < -0.3 is 10.6 Å². The van der Waals surface area contributed by atoms with E-state index in [9.17, 15) is 4.79 Å².